The van der Waals surface area contributed by atoms with Crippen LogP contribution in [0.2, 0.25) is 0 Å². The minimum absolute atomic E-state index is 0.176. The maximum absolute atomic E-state index is 11.1. The van der Waals surface area contributed by atoms with Gasteiger partial charge in [0.2, 0.25) is 0 Å². The number of hydrogen-bond donors (Lipinski definition) is 0. The van der Waals surface area contributed by atoms with Crippen molar-refractivity contribution in [3.63, 3.8) is 0 Å². The molecule has 2 rings (SSSR count). The summed E-state index contributed by atoms with van der Waals surface area (Å²) in [6, 6.07) is 10.1. The second kappa shape index (κ2) is 4.05. The number of allylic oxidation sites excluding steroid dienone is 4. The maximum Gasteiger partial charge on any atom is 0.159 e. The van der Waals surface area contributed by atoms with Gasteiger partial charge in [-0.25, -0.2) is 0 Å². The van der Waals surface area contributed by atoms with Gasteiger partial charge < -0.3 is 0 Å². The van der Waals surface area contributed by atoms with Crippen LogP contribution in [0.25, 0.3) is 0 Å². The predicted molar refractivity (Wildman–Crippen MR) is 55.7 cm³/mol. The summed E-state index contributed by atoms with van der Waals surface area (Å²) < 4.78 is 0. The average Bonchev–Trinajstić information content (AvgIpc) is 2.19. The molecule has 0 fully saturated rings. The summed E-state index contributed by atoms with van der Waals surface area (Å²) in [6.07, 6.45) is 7.90. The first-order valence-corrected chi connectivity index (χ1v) is 4.70. The minimum Gasteiger partial charge on any atom is -0.294 e. The van der Waals surface area contributed by atoms with E-state index in [1.807, 2.05) is 18.2 Å². The summed E-state index contributed by atoms with van der Waals surface area (Å²) in [5, 5.41) is 0. The van der Waals surface area contributed by atoms with E-state index in [1.54, 1.807) is 12.2 Å². The van der Waals surface area contributed by atoms with Crippen molar-refractivity contribution in [2.45, 2.75) is 12.8 Å². The number of benzene rings is 1. The quantitative estimate of drug-likeness (QED) is 0.688. The van der Waals surface area contributed by atoms with Crippen LogP contribution in [0, 0.1) is 6.08 Å². The molecular weight excluding hydrogens is 172 g/mol. The third-order valence-corrected chi connectivity index (χ3v) is 2.16. The van der Waals surface area contributed by atoms with Crippen LogP contribution in [-0.2, 0) is 11.2 Å². The van der Waals surface area contributed by atoms with Gasteiger partial charge in [0, 0.05) is 6.42 Å². The number of rotatable bonds is 2. The number of carbonyl (C=O) groups is 1. The van der Waals surface area contributed by atoms with E-state index in [0.29, 0.717) is 6.42 Å². The lowest BCUT2D eigenvalue weighted by molar-refractivity contribution is -0.113. The SMILES string of the molecule is O=C1C=C(Cc2ccccc2)[C]=CC1. The second-order valence-corrected chi connectivity index (χ2v) is 3.35. The van der Waals surface area contributed by atoms with Gasteiger partial charge in [-0.2, -0.15) is 0 Å². The summed E-state index contributed by atoms with van der Waals surface area (Å²) >= 11 is 0. The third kappa shape index (κ3) is 2.19. The lowest BCUT2D eigenvalue weighted by Gasteiger charge is -2.05. The molecule has 0 bridgehead atoms. The standard InChI is InChI=1S/C13H11O/c14-13-8-4-7-12(10-13)9-11-5-2-1-3-6-11/h1-6,10H,8-9H2. The van der Waals surface area contributed by atoms with Crippen molar-refractivity contribution in [3.05, 3.63) is 59.7 Å². The van der Waals surface area contributed by atoms with Crippen LogP contribution in [0.1, 0.15) is 12.0 Å². The Bertz CT molecular complexity index is 385. The van der Waals surface area contributed by atoms with Crippen LogP contribution in [0.3, 0.4) is 0 Å². The third-order valence-electron chi connectivity index (χ3n) is 2.16. The molecule has 69 valence electrons. The summed E-state index contributed by atoms with van der Waals surface area (Å²) in [6.45, 7) is 0. The molecule has 0 unspecified atom stereocenters. The predicted octanol–water partition coefficient (Wildman–Crippen LogP) is 2.49. The Labute approximate surface area is 83.8 Å². The molecule has 1 aromatic rings. The normalized spacial score (nSPS) is 15.4. The average molecular weight is 183 g/mol. The van der Waals surface area contributed by atoms with Crippen LogP contribution in [0.5, 0.6) is 0 Å². The van der Waals surface area contributed by atoms with Gasteiger partial charge in [0.25, 0.3) is 0 Å². The summed E-state index contributed by atoms with van der Waals surface area (Å²) in [7, 11) is 0. The van der Waals surface area contributed by atoms with E-state index >= 15 is 0 Å². The van der Waals surface area contributed by atoms with Crippen LogP contribution >= 0.6 is 0 Å². The molecular formula is C13H11O. The molecule has 0 atom stereocenters. The van der Waals surface area contributed by atoms with E-state index in [4.69, 9.17) is 0 Å². The minimum atomic E-state index is 0.176. The van der Waals surface area contributed by atoms with Crippen molar-refractivity contribution < 1.29 is 4.79 Å². The summed E-state index contributed by atoms with van der Waals surface area (Å²) in [4.78, 5) is 11.1. The molecule has 0 saturated carbocycles. The molecule has 1 aliphatic carbocycles. The monoisotopic (exact) mass is 183 g/mol. The first-order chi connectivity index (χ1) is 6.84. The Balaban J connectivity index is 2.12. The van der Waals surface area contributed by atoms with Crippen molar-refractivity contribution in [1.82, 2.24) is 0 Å². The van der Waals surface area contributed by atoms with Gasteiger partial charge in [0.15, 0.2) is 5.78 Å². The molecule has 14 heavy (non-hydrogen) atoms. The zero-order chi connectivity index (χ0) is 9.80. The van der Waals surface area contributed by atoms with Crippen molar-refractivity contribution in [1.29, 1.82) is 0 Å². The van der Waals surface area contributed by atoms with Gasteiger partial charge in [-0.05, 0) is 29.7 Å². The van der Waals surface area contributed by atoms with Gasteiger partial charge in [-0.3, -0.25) is 4.79 Å². The Morgan fingerprint density at radius 2 is 2.00 bits per heavy atom. The number of hydrogen-bond acceptors (Lipinski definition) is 1. The highest BCUT2D eigenvalue weighted by Gasteiger charge is 2.04. The molecule has 1 radical (unpaired) electrons. The highest BCUT2D eigenvalue weighted by atomic mass is 16.1. The molecule has 0 aliphatic heterocycles. The van der Waals surface area contributed by atoms with E-state index in [-0.39, 0.29) is 5.78 Å². The fourth-order valence-corrected chi connectivity index (χ4v) is 1.50. The molecule has 0 aromatic heterocycles. The number of ketones is 1. The molecule has 1 heteroatoms. The molecule has 0 heterocycles. The lowest BCUT2D eigenvalue weighted by Crippen LogP contribution is -2.00. The molecule has 0 saturated heterocycles. The first kappa shape index (κ1) is 8.95. The smallest absolute Gasteiger partial charge is 0.159 e. The Kier molecular flexibility index (Phi) is 2.59. The van der Waals surface area contributed by atoms with Gasteiger partial charge in [-0.1, -0.05) is 36.4 Å². The van der Waals surface area contributed by atoms with Gasteiger partial charge in [0.05, 0.1) is 0 Å². The van der Waals surface area contributed by atoms with Crippen molar-refractivity contribution >= 4 is 5.78 Å². The van der Waals surface area contributed by atoms with Crippen LogP contribution in [0.15, 0.2) is 48.1 Å². The topological polar surface area (TPSA) is 17.1 Å². The Morgan fingerprint density at radius 1 is 1.21 bits per heavy atom. The van der Waals surface area contributed by atoms with E-state index < -0.39 is 0 Å². The van der Waals surface area contributed by atoms with Crippen LogP contribution in [-0.4, -0.2) is 5.78 Å². The van der Waals surface area contributed by atoms with Gasteiger partial charge in [0.1, 0.15) is 0 Å². The zero-order valence-corrected chi connectivity index (χ0v) is 7.86. The van der Waals surface area contributed by atoms with Crippen molar-refractivity contribution in [3.8, 4) is 0 Å². The highest BCUT2D eigenvalue weighted by molar-refractivity contribution is 5.92. The molecule has 0 amide bonds. The largest absolute Gasteiger partial charge is 0.294 e. The van der Waals surface area contributed by atoms with E-state index in [1.165, 1.54) is 5.56 Å². The second-order valence-electron chi connectivity index (χ2n) is 3.35. The van der Waals surface area contributed by atoms with Crippen molar-refractivity contribution in [2.75, 3.05) is 0 Å². The molecule has 0 spiro atoms. The number of carbonyl (C=O) groups excluding carboxylic acids is 1. The van der Waals surface area contributed by atoms with Crippen molar-refractivity contribution in [2.24, 2.45) is 0 Å². The molecule has 1 aromatic carbocycles. The summed E-state index contributed by atoms with van der Waals surface area (Å²) in [5.41, 5.74) is 2.20. The fourth-order valence-electron chi connectivity index (χ4n) is 1.50. The van der Waals surface area contributed by atoms with E-state index in [9.17, 15) is 4.79 Å². The van der Waals surface area contributed by atoms with Crippen LogP contribution < -0.4 is 0 Å². The molecule has 0 N–H and O–H groups in total. The molecule has 1 nitrogen and oxygen atoms in total. The highest BCUT2D eigenvalue weighted by Crippen LogP contribution is 2.12. The van der Waals surface area contributed by atoms with E-state index in [2.05, 4.69) is 18.2 Å². The summed E-state index contributed by atoms with van der Waals surface area (Å²) in [5.74, 6) is 0.176. The van der Waals surface area contributed by atoms with Gasteiger partial charge >= 0.3 is 0 Å². The fraction of sp³-hybridized carbons (Fsp3) is 0.154. The first-order valence-electron chi connectivity index (χ1n) is 4.70. The van der Waals surface area contributed by atoms with Crippen LogP contribution in [0.4, 0.5) is 0 Å². The zero-order valence-electron chi connectivity index (χ0n) is 7.86. The van der Waals surface area contributed by atoms with E-state index in [0.717, 1.165) is 12.0 Å². The Hall–Kier alpha value is -1.63. The lowest BCUT2D eigenvalue weighted by atomic mass is 9.99. The Morgan fingerprint density at radius 3 is 2.71 bits per heavy atom. The molecule has 1 aliphatic rings. The van der Waals surface area contributed by atoms with Gasteiger partial charge in [-0.15, -0.1) is 0 Å². The maximum atomic E-state index is 11.1.